The number of benzene rings is 3. The van der Waals surface area contributed by atoms with Crippen LogP contribution in [0.15, 0.2) is 66.7 Å². The number of aryl methyl sites for hydroxylation is 1. The Morgan fingerprint density at radius 3 is 2.34 bits per heavy atom. The van der Waals surface area contributed by atoms with Gasteiger partial charge >= 0.3 is 0 Å². The van der Waals surface area contributed by atoms with Crippen LogP contribution in [0, 0.1) is 0 Å². The maximum absolute atomic E-state index is 10.3. The lowest BCUT2D eigenvalue weighted by molar-refractivity contribution is 0.0262. The van der Waals surface area contributed by atoms with Crippen LogP contribution in [-0.4, -0.2) is 36.4 Å². The number of piperidine rings is 1. The topological polar surface area (TPSA) is 41.9 Å². The van der Waals surface area contributed by atoms with Crippen LogP contribution in [0.1, 0.15) is 60.4 Å². The summed E-state index contributed by atoms with van der Waals surface area (Å²) in [6.45, 7) is 4.30. The van der Waals surface area contributed by atoms with Crippen molar-refractivity contribution in [3.05, 3.63) is 94.5 Å². The summed E-state index contributed by atoms with van der Waals surface area (Å²) in [4.78, 5) is 2.42. The van der Waals surface area contributed by atoms with Crippen molar-refractivity contribution in [1.82, 2.24) is 4.90 Å². The van der Waals surface area contributed by atoms with Gasteiger partial charge < -0.3 is 14.6 Å². The summed E-state index contributed by atoms with van der Waals surface area (Å²) in [5.74, 6) is 1.70. The quantitative estimate of drug-likeness (QED) is 0.441. The molecular formula is C31H35NO3. The Labute approximate surface area is 208 Å². The number of hydrogen-bond donors (Lipinski definition) is 1. The Kier molecular flexibility index (Phi) is 7.21. The van der Waals surface area contributed by atoms with Crippen molar-refractivity contribution in [3.63, 3.8) is 0 Å². The van der Waals surface area contributed by atoms with Gasteiger partial charge in [-0.1, -0.05) is 48.9 Å². The highest BCUT2D eigenvalue weighted by Crippen LogP contribution is 2.43. The molecule has 4 nitrogen and oxygen atoms in total. The lowest BCUT2D eigenvalue weighted by Gasteiger charge is -2.32. The summed E-state index contributed by atoms with van der Waals surface area (Å²) in [5, 5.41) is 10.3. The van der Waals surface area contributed by atoms with Crippen molar-refractivity contribution in [2.45, 2.75) is 51.9 Å². The number of methoxy groups -OCH3 is 1. The van der Waals surface area contributed by atoms with E-state index in [1.807, 2.05) is 24.3 Å². The molecule has 1 unspecified atom stereocenters. The van der Waals surface area contributed by atoms with Gasteiger partial charge in [-0.05, 0) is 95.8 Å². The van der Waals surface area contributed by atoms with E-state index in [0.717, 1.165) is 48.6 Å². The van der Waals surface area contributed by atoms with Gasteiger partial charge in [0.1, 0.15) is 17.7 Å². The van der Waals surface area contributed by atoms with E-state index in [1.165, 1.54) is 47.1 Å². The number of aliphatic hydroxyl groups is 1. The van der Waals surface area contributed by atoms with Crippen LogP contribution in [0.2, 0.25) is 0 Å². The number of rotatable bonds is 7. The Balaban J connectivity index is 1.60. The van der Waals surface area contributed by atoms with E-state index in [2.05, 4.69) is 54.3 Å². The summed E-state index contributed by atoms with van der Waals surface area (Å²) in [7, 11) is 1.69. The Morgan fingerprint density at radius 2 is 1.60 bits per heavy atom. The van der Waals surface area contributed by atoms with Gasteiger partial charge in [-0.3, -0.25) is 4.90 Å². The van der Waals surface area contributed by atoms with E-state index in [0.29, 0.717) is 0 Å². The van der Waals surface area contributed by atoms with Crippen molar-refractivity contribution in [3.8, 4) is 11.5 Å². The molecule has 35 heavy (non-hydrogen) atoms. The predicted octanol–water partition coefficient (Wildman–Crippen LogP) is 6.30. The second kappa shape index (κ2) is 10.7. The third-order valence-electron chi connectivity index (χ3n) is 7.40. The minimum absolute atomic E-state index is 0.0150. The first-order chi connectivity index (χ1) is 17.2. The molecule has 0 spiro atoms. The molecule has 0 aromatic heterocycles. The van der Waals surface area contributed by atoms with Gasteiger partial charge in [-0.25, -0.2) is 0 Å². The summed E-state index contributed by atoms with van der Waals surface area (Å²) < 4.78 is 11.8. The van der Waals surface area contributed by atoms with Crippen molar-refractivity contribution >= 4 is 11.1 Å². The predicted molar refractivity (Wildman–Crippen MR) is 142 cm³/mol. The van der Waals surface area contributed by atoms with E-state index in [9.17, 15) is 5.11 Å². The fourth-order valence-electron chi connectivity index (χ4n) is 5.47. The molecule has 1 atom stereocenters. The third kappa shape index (κ3) is 5.00. The highest BCUT2D eigenvalue weighted by atomic mass is 16.5. The number of likely N-dealkylation sites (tertiary alicyclic amines) is 1. The average Bonchev–Trinajstić information content (AvgIpc) is 2.93. The Hall–Kier alpha value is -3.08. The molecule has 0 radical (unpaired) electrons. The molecule has 1 heterocycles. The van der Waals surface area contributed by atoms with E-state index >= 15 is 0 Å². The number of ether oxygens (including phenoxy) is 2. The summed E-state index contributed by atoms with van der Waals surface area (Å²) >= 11 is 0. The van der Waals surface area contributed by atoms with Crippen LogP contribution in [0.4, 0.5) is 0 Å². The number of allylic oxidation sites excluding steroid dienone is 1. The molecule has 2 aliphatic rings. The summed E-state index contributed by atoms with van der Waals surface area (Å²) in [5.41, 5.74) is 8.22. The highest BCUT2D eigenvalue weighted by Gasteiger charge is 2.24. The van der Waals surface area contributed by atoms with Gasteiger partial charge in [0.15, 0.2) is 0 Å². The molecular weight excluding hydrogens is 434 g/mol. The number of fused-ring (bicyclic) bond motifs is 1. The van der Waals surface area contributed by atoms with Gasteiger partial charge in [-0.15, -0.1) is 0 Å². The molecule has 0 amide bonds. The smallest absolute Gasteiger partial charge is 0.149 e. The first kappa shape index (κ1) is 23.7. The lowest BCUT2D eigenvalue weighted by atomic mass is 9.78. The van der Waals surface area contributed by atoms with Crippen LogP contribution in [-0.2, 0) is 13.0 Å². The zero-order chi connectivity index (χ0) is 24.2. The van der Waals surface area contributed by atoms with E-state index in [-0.39, 0.29) is 12.8 Å². The van der Waals surface area contributed by atoms with E-state index < -0.39 is 0 Å². The summed E-state index contributed by atoms with van der Waals surface area (Å²) in [6.07, 6.45) is 5.74. The average molecular weight is 470 g/mol. The Morgan fingerprint density at radius 1 is 0.857 bits per heavy atom. The standard InChI is InChI=1S/C31H35NO3/c1-22(32-18-6-3-7-19-32)35-27-16-12-25(21-33)30(20-27)31-28-9-5-4-8-23(28)13-17-29(31)24-10-14-26(34-2)15-11-24/h4-5,8-12,14-16,20,22,33H,3,6-7,13,17-19,21H2,1-2H3. The maximum Gasteiger partial charge on any atom is 0.149 e. The molecule has 182 valence electrons. The SMILES string of the molecule is COc1ccc(C2=C(c3cc(OC(C)N4CCCCC4)ccc3CO)c3ccccc3CC2)cc1. The van der Waals surface area contributed by atoms with Gasteiger partial charge in [-0.2, -0.15) is 0 Å². The maximum atomic E-state index is 10.3. The molecule has 1 saturated heterocycles. The largest absolute Gasteiger partial charge is 0.497 e. The van der Waals surface area contributed by atoms with Gasteiger partial charge in [0.05, 0.1) is 13.7 Å². The molecule has 0 saturated carbocycles. The first-order valence-electron chi connectivity index (χ1n) is 12.8. The zero-order valence-corrected chi connectivity index (χ0v) is 20.8. The van der Waals surface area contributed by atoms with Crippen molar-refractivity contribution in [2.24, 2.45) is 0 Å². The molecule has 1 aliphatic carbocycles. The molecule has 0 bridgehead atoms. The monoisotopic (exact) mass is 469 g/mol. The lowest BCUT2D eigenvalue weighted by Crippen LogP contribution is -2.40. The van der Waals surface area contributed by atoms with Crippen LogP contribution >= 0.6 is 0 Å². The molecule has 5 rings (SSSR count). The van der Waals surface area contributed by atoms with Crippen LogP contribution < -0.4 is 9.47 Å². The second-order valence-corrected chi connectivity index (χ2v) is 9.53. The minimum atomic E-state index is -0.0150. The zero-order valence-electron chi connectivity index (χ0n) is 20.8. The third-order valence-corrected chi connectivity index (χ3v) is 7.40. The molecule has 1 N–H and O–H groups in total. The van der Waals surface area contributed by atoms with Crippen molar-refractivity contribution in [1.29, 1.82) is 0 Å². The van der Waals surface area contributed by atoms with Crippen molar-refractivity contribution < 1.29 is 14.6 Å². The number of hydrogen-bond acceptors (Lipinski definition) is 4. The highest BCUT2D eigenvalue weighted by molar-refractivity contribution is 6.01. The van der Waals surface area contributed by atoms with Crippen LogP contribution in [0.3, 0.4) is 0 Å². The number of aliphatic hydroxyl groups excluding tert-OH is 1. The minimum Gasteiger partial charge on any atom is -0.497 e. The summed E-state index contributed by atoms with van der Waals surface area (Å²) in [6, 6.07) is 23.1. The van der Waals surface area contributed by atoms with Gasteiger partial charge in [0.2, 0.25) is 0 Å². The van der Waals surface area contributed by atoms with Gasteiger partial charge in [0.25, 0.3) is 0 Å². The number of nitrogens with zero attached hydrogens (tertiary/aromatic N) is 1. The second-order valence-electron chi connectivity index (χ2n) is 9.53. The van der Waals surface area contributed by atoms with E-state index in [1.54, 1.807) is 7.11 Å². The first-order valence-corrected chi connectivity index (χ1v) is 12.8. The molecule has 1 fully saturated rings. The van der Waals surface area contributed by atoms with Crippen LogP contribution in [0.5, 0.6) is 11.5 Å². The van der Waals surface area contributed by atoms with Gasteiger partial charge in [0, 0.05) is 13.1 Å². The van der Waals surface area contributed by atoms with E-state index in [4.69, 9.17) is 9.47 Å². The molecule has 3 aromatic carbocycles. The fourth-order valence-corrected chi connectivity index (χ4v) is 5.47. The normalized spacial score (nSPS) is 17.1. The van der Waals surface area contributed by atoms with Crippen LogP contribution in [0.25, 0.3) is 11.1 Å². The van der Waals surface area contributed by atoms with Crippen molar-refractivity contribution in [2.75, 3.05) is 20.2 Å². The molecule has 4 heteroatoms. The molecule has 1 aliphatic heterocycles. The Bertz CT molecular complexity index is 1190. The fraction of sp³-hybridized carbons (Fsp3) is 0.355. The molecule has 3 aromatic rings.